The van der Waals surface area contributed by atoms with Gasteiger partial charge in [-0.1, -0.05) is 18.7 Å². The number of methoxy groups -OCH3 is 1. The van der Waals surface area contributed by atoms with E-state index >= 15 is 0 Å². The zero-order valence-electron chi connectivity index (χ0n) is 25.0. The van der Waals surface area contributed by atoms with Crippen molar-refractivity contribution < 1.29 is 38.3 Å². The quantitative estimate of drug-likeness (QED) is 0.0378. The van der Waals surface area contributed by atoms with Crippen molar-refractivity contribution in [2.45, 2.75) is 6.92 Å². The van der Waals surface area contributed by atoms with Crippen LogP contribution >= 0.6 is 0 Å². The average molecular weight is 617 g/mol. The number of ether oxygens (including phenoxy) is 4. The van der Waals surface area contributed by atoms with Crippen molar-refractivity contribution in [3.05, 3.63) is 106 Å². The van der Waals surface area contributed by atoms with Crippen molar-refractivity contribution in [2.75, 3.05) is 45.4 Å². The molecule has 3 rings (SSSR count). The minimum atomic E-state index is -0.910. The Morgan fingerprint density at radius 1 is 0.933 bits per heavy atom. The molecule has 234 valence electrons. The predicted molar refractivity (Wildman–Crippen MR) is 166 cm³/mol. The Hall–Kier alpha value is -5.85. The highest BCUT2D eigenvalue weighted by atomic mass is 16.6. The van der Waals surface area contributed by atoms with Crippen molar-refractivity contribution >= 4 is 46.7 Å². The van der Waals surface area contributed by atoms with E-state index in [-0.39, 0.29) is 31.1 Å². The number of nitro groups is 1. The Labute approximate surface area is 259 Å². The van der Waals surface area contributed by atoms with E-state index in [1.807, 2.05) is 24.1 Å². The Kier molecular flexibility index (Phi) is 12.5. The number of rotatable bonds is 15. The van der Waals surface area contributed by atoms with Crippen molar-refractivity contribution in [1.82, 2.24) is 0 Å². The molecule has 3 aromatic carbocycles. The summed E-state index contributed by atoms with van der Waals surface area (Å²) in [6, 6.07) is 17.6. The number of esters is 3. The van der Waals surface area contributed by atoms with Gasteiger partial charge < -0.3 is 23.8 Å². The summed E-state index contributed by atoms with van der Waals surface area (Å²) in [6.07, 6.45) is 2.88. The van der Waals surface area contributed by atoms with Gasteiger partial charge in [0.05, 0.1) is 30.0 Å². The summed E-state index contributed by atoms with van der Waals surface area (Å²) in [7, 11) is 3.14. The second-order valence-corrected chi connectivity index (χ2v) is 9.42. The van der Waals surface area contributed by atoms with Crippen LogP contribution in [-0.2, 0) is 23.8 Å². The fraction of sp³-hybridized carbons (Fsp3) is 0.219. The minimum Gasteiger partial charge on any atom is -0.490 e. The number of carbonyl (C=O) groups is 3. The molecule has 0 aromatic heterocycles. The number of likely N-dealkylation sites (N-methyl/N-ethyl adjacent to an activating group) is 1. The van der Waals surface area contributed by atoms with Crippen LogP contribution in [0.2, 0.25) is 0 Å². The summed E-state index contributed by atoms with van der Waals surface area (Å²) >= 11 is 0. The van der Waals surface area contributed by atoms with Crippen molar-refractivity contribution in [3.8, 4) is 5.75 Å². The molecule has 3 aromatic rings. The zero-order valence-corrected chi connectivity index (χ0v) is 25.0. The van der Waals surface area contributed by atoms with Gasteiger partial charge in [0.2, 0.25) is 0 Å². The lowest BCUT2D eigenvalue weighted by Crippen LogP contribution is -2.23. The molecular weight excluding hydrogens is 584 g/mol. The van der Waals surface area contributed by atoms with Gasteiger partial charge in [0.15, 0.2) is 0 Å². The van der Waals surface area contributed by atoms with E-state index in [1.54, 1.807) is 49.4 Å². The minimum absolute atomic E-state index is 0.00110. The van der Waals surface area contributed by atoms with Gasteiger partial charge in [-0.15, -0.1) is 0 Å². The maximum absolute atomic E-state index is 12.7. The molecule has 0 saturated carbocycles. The summed E-state index contributed by atoms with van der Waals surface area (Å²) in [5.41, 5.74) is 1.96. The monoisotopic (exact) mass is 616 g/mol. The molecule has 0 aliphatic carbocycles. The van der Waals surface area contributed by atoms with Gasteiger partial charge in [-0.05, 0) is 67.1 Å². The van der Waals surface area contributed by atoms with E-state index in [1.165, 1.54) is 25.3 Å². The van der Waals surface area contributed by atoms with Gasteiger partial charge in [0, 0.05) is 30.5 Å². The molecule has 0 N–H and O–H groups in total. The molecule has 0 bridgehead atoms. The number of hydrogen-bond donors (Lipinski definition) is 0. The zero-order chi connectivity index (χ0) is 32.8. The standard InChI is InChI=1S/C32H32N4O9/c1-22(2)31(38)44-18-17-35(3)26-11-8-24(9-12-26)33-34-25-10-15-29(36(40)41)28(21-25)32(39)45-20-19-43-27-13-5-23(6-14-27)7-16-30(37)42-4/h5-16,21H,1,17-20H2,2-4H3/b16-7+,34-33?. The highest BCUT2D eigenvalue weighted by Crippen LogP contribution is 2.27. The van der Waals surface area contributed by atoms with E-state index in [2.05, 4.69) is 21.5 Å². The third-order valence-corrected chi connectivity index (χ3v) is 6.05. The Morgan fingerprint density at radius 3 is 2.24 bits per heavy atom. The molecule has 0 aliphatic rings. The number of anilines is 1. The van der Waals surface area contributed by atoms with Gasteiger partial charge in [-0.2, -0.15) is 10.2 Å². The Morgan fingerprint density at radius 2 is 1.60 bits per heavy atom. The van der Waals surface area contributed by atoms with Crippen LogP contribution in [-0.4, -0.2) is 63.4 Å². The summed E-state index contributed by atoms with van der Waals surface area (Å²) in [5.74, 6) is -1.33. The Bertz CT molecular complexity index is 1580. The van der Waals surface area contributed by atoms with Gasteiger partial charge in [-0.3, -0.25) is 10.1 Å². The summed E-state index contributed by atoms with van der Waals surface area (Å²) < 4.78 is 20.4. The van der Waals surface area contributed by atoms with Crippen LogP contribution in [0.25, 0.3) is 6.08 Å². The summed E-state index contributed by atoms with van der Waals surface area (Å²) in [5, 5.41) is 19.8. The summed E-state index contributed by atoms with van der Waals surface area (Å²) in [6.45, 7) is 5.64. The Balaban J connectivity index is 1.56. The van der Waals surface area contributed by atoms with Gasteiger partial charge in [0.25, 0.3) is 5.69 Å². The van der Waals surface area contributed by atoms with E-state index < -0.39 is 28.5 Å². The van der Waals surface area contributed by atoms with Crippen molar-refractivity contribution in [3.63, 3.8) is 0 Å². The molecular formula is C32H32N4O9. The second kappa shape index (κ2) is 16.7. The highest BCUT2D eigenvalue weighted by molar-refractivity contribution is 5.95. The first-order valence-electron chi connectivity index (χ1n) is 13.6. The van der Waals surface area contributed by atoms with Crippen LogP contribution in [0.4, 0.5) is 22.7 Å². The molecule has 0 radical (unpaired) electrons. The number of carbonyl (C=O) groups excluding carboxylic acids is 3. The first-order valence-corrected chi connectivity index (χ1v) is 13.6. The molecule has 0 heterocycles. The van der Waals surface area contributed by atoms with Crippen LogP contribution < -0.4 is 9.64 Å². The van der Waals surface area contributed by atoms with Gasteiger partial charge in [0.1, 0.15) is 31.1 Å². The molecule has 0 fully saturated rings. The number of benzene rings is 3. The van der Waals surface area contributed by atoms with Crippen LogP contribution in [0.1, 0.15) is 22.8 Å². The second-order valence-electron chi connectivity index (χ2n) is 9.42. The van der Waals surface area contributed by atoms with Crippen LogP contribution in [0.3, 0.4) is 0 Å². The number of nitrogens with zero attached hydrogens (tertiary/aromatic N) is 4. The van der Waals surface area contributed by atoms with Crippen LogP contribution in [0.5, 0.6) is 5.75 Å². The SMILES string of the molecule is C=C(C)C(=O)OCCN(C)c1ccc(N=Nc2ccc([N+](=O)[O-])c(C(=O)OCCOc3ccc(/C=C/C(=O)OC)cc3)c2)cc1. The van der Waals surface area contributed by atoms with Gasteiger partial charge in [-0.25, -0.2) is 14.4 Å². The lowest BCUT2D eigenvalue weighted by molar-refractivity contribution is -0.385. The van der Waals surface area contributed by atoms with Crippen LogP contribution in [0.15, 0.2) is 95.2 Å². The number of nitro benzene ring substituents is 1. The number of hydrogen-bond acceptors (Lipinski definition) is 12. The fourth-order valence-electron chi connectivity index (χ4n) is 3.60. The molecule has 0 saturated heterocycles. The number of azo groups is 1. The van der Waals surface area contributed by atoms with E-state index in [4.69, 9.17) is 14.2 Å². The lowest BCUT2D eigenvalue weighted by Gasteiger charge is -2.19. The summed E-state index contributed by atoms with van der Waals surface area (Å²) in [4.78, 5) is 48.2. The topological polar surface area (TPSA) is 159 Å². The third kappa shape index (κ3) is 10.7. The lowest BCUT2D eigenvalue weighted by atomic mass is 10.1. The molecule has 0 amide bonds. The normalized spacial score (nSPS) is 10.8. The fourth-order valence-corrected chi connectivity index (χ4v) is 3.60. The molecule has 45 heavy (non-hydrogen) atoms. The third-order valence-electron chi connectivity index (χ3n) is 6.05. The molecule has 0 unspecified atom stereocenters. The molecule has 0 atom stereocenters. The molecule has 13 nitrogen and oxygen atoms in total. The van der Waals surface area contributed by atoms with E-state index in [0.717, 1.165) is 17.3 Å². The largest absolute Gasteiger partial charge is 0.490 e. The maximum atomic E-state index is 12.7. The van der Waals surface area contributed by atoms with E-state index in [9.17, 15) is 24.5 Å². The van der Waals surface area contributed by atoms with Crippen molar-refractivity contribution in [2.24, 2.45) is 10.2 Å². The van der Waals surface area contributed by atoms with Gasteiger partial charge >= 0.3 is 17.9 Å². The van der Waals surface area contributed by atoms with Crippen LogP contribution in [0, 0.1) is 10.1 Å². The predicted octanol–water partition coefficient (Wildman–Crippen LogP) is 5.99. The molecule has 13 heteroatoms. The van der Waals surface area contributed by atoms with Crippen molar-refractivity contribution in [1.29, 1.82) is 0 Å². The first-order chi connectivity index (χ1) is 21.6. The molecule has 0 aliphatic heterocycles. The highest BCUT2D eigenvalue weighted by Gasteiger charge is 2.22. The smallest absolute Gasteiger partial charge is 0.345 e. The average Bonchev–Trinajstić information content (AvgIpc) is 3.04. The van der Waals surface area contributed by atoms with E-state index in [0.29, 0.717) is 23.6 Å². The molecule has 0 spiro atoms. The first kappa shape index (κ1) is 33.6. The maximum Gasteiger partial charge on any atom is 0.345 e.